The summed E-state index contributed by atoms with van der Waals surface area (Å²) in [7, 11) is 0. The van der Waals surface area contributed by atoms with E-state index in [1.165, 1.54) is 6.42 Å². The molecule has 0 aromatic rings. The first kappa shape index (κ1) is 12.0. The van der Waals surface area contributed by atoms with Crippen LogP contribution in [-0.2, 0) is 9.53 Å². The van der Waals surface area contributed by atoms with E-state index in [4.69, 9.17) is 4.74 Å². The fourth-order valence-electron chi connectivity index (χ4n) is 2.26. The minimum atomic E-state index is -0.934. The van der Waals surface area contributed by atoms with Crippen molar-refractivity contribution in [1.82, 2.24) is 0 Å². The van der Waals surface area contributed by atoms with Gasteiger partial charge in [0.05, 0.1) is 12.7 Å². The highest BCUT2D eigenvalue weighted by atomic mass is 16.5. The van der Waals surface area contributed by atoms with Crippen molar-refractivity contribution in [2.24, 2.45) is 11.3 Å². The van der Waals surface area contributed by atoms with Gasteiger partial charge in [-0.2, -0.15) is 5.26 Å². The van der Waals surface area contributed by atoms with Gasteiger partial charge in [-0.05, 0) is 32.6 Å². The third kappa shape index (κ3) is 2.50. The van der Waals surface area contributed by atoms with Gasteiger partial charge in [-0.3, -0.25) is 4.79 Å². The second-order valence-electron chi connectivity index (χ2n) is 4.37. The summed E-state index contributed by atoms with van der Waals surface area (Å²) in [4.78, 5) is 11.8. The Labute approximate surface area is 91.4 Å². The fourth-order valence-corrected chi connectivity index (χ4v) is 2.26. The average Bonchev–Trinajstić information content (AvgIpc) is 2.29. The largest absolute Gasteiger partial charge is 0.465 e. The first-order valence-electron chi connectivity index (χ1n) is 5.73. The fraction of sp³-hybridized carbons (Fsp3) is 0.833. The molecule has 0 N–H and O–H groups in total. The number of esters is 1. The van der Waals surface area contributed by atoms with Crippen LogP contribution < -0.4 is 0 Å². The van der Waals surface area contributed by atoms with Crippen LogP contribution in [0.2, 0.25) is 0 Å². The molecule has 1 atom stereocenters. The van der Waals surface area contributed by atoms with Crippen LogP contribution in [0.5, 0.6) is 0 Å². The smallest absolute Gasteiger partial charge is 0.326 e. The minimum Gasteiger partial charge on any atom is -0.465 e. The maximum Gasteiger partial charge on any atom is 0.326 e. The highest BCUT2D eigenvalue weighted by molar-refractivity contribution is 5.80. The van der Waals surface area contributed by atoms with E-state index in [-0.39, 0.29) is 11.9 Å². The van der Waals surface area contributed by atoms with Crippen LogP contribution >= 0.6 is 0 Å². The van der Waals surface area contributed by atoms with Gasteiger partial charge in [0.15, 0.2) is 5.41 Å². The number of rotatable bonds is 3. The third-order valence-electron chi connectivity index (χ3n) is 3.35. The first-order valence-corrected chi connectivity index (χ1v) is 5.73. The Morgan fingerprint density at radius 3 is 2.53 bits per heavy atom. The third-order valence-corrected chi connectivity index (χ3v) is 3.35. The lowest BCUT2D eigenvalue weighted by molar-refractivity contribution is -0.154. The second kappa shape index (κ2) is 5.16. The number of nitrogens with zero attached hydrogens (tertiary/aromatic N) is 1. The van der Waals surface area contributed by atoms with Gasteiger partial charge in [-0.15, -0.1) is 0 Å². The van der Waals surface area contributed by atoms with Crippen molar-refractivity contribution in [2.75, 3.05) is 6.61 Å². The summed E-state index contributed by atoms with van der Waals surface area (Å²) in [5.74, 6) is -0.172. The molecule has 1 rings (SSSR count). The van der Waals surface area contributed by atoms with E-state index in [0.717, 1.165) is 25.7 Å². The van der Waals surface area contributed by atoms with Gasteiger partial charge in [0.25, 0.3) is 0 Å². The van der Waals surface area contributed by atoms with Crippen LogP contribution in [0.4, 0.5) is 0 Å². The summed E-state index contributed by atoms with van der Waals surface area (Å²) in [6, 6.07) is 2.16. The van der Waals surface area contributed by atoms with Gasteiger partial charge in [0.1, 0.15) is 0 Å². The highest BCUT2D eigenvalue weighted by Crippen LogP contribution is 2.38. The zero-order valence-electron chi connectivity index (χ0n) is 9.58. The Kier molecular flexibility index (Phi) is 4.14. The molecule has 0 saturated heterocycles. The van der Waals surface area contributed by atoms with E-state index < -0.39 is 5.41 Å². The molecule has 84 valence electrons. The SMILES string of the molecule is CCOC(=O)C(C)(C#N)C1CCCCC1. The predicted molar refractivity (Wildman–Crippen MR) is 56.9 cm³/mol. The number of carbonyl (C=O) groups is 1. The number of nitriles is 1. The van der Waals surface area contributed by atoms with Gasteiger partial charge in [-0.1, -0.05) is 19.3 Å². The molecular weight excluding hydrogens is 190 g/mol. The molecule has 0 amide bonds. The van der Waals surface area contributed by atoms with Gasteiger partial charge >= 0.3 is 5.97 Å². The van der Waals surface area contributed by atoms with Crippen molar-refractivity contribution in [3.05, 3.63) is 0 Å². The van der Waals surface area contributed by atoms with Crippen LogP contribution in [0.1, 0.15) is 46.0 Å². The number of hydrogen-bond acceptors (Lipinski definition) is 3. The second-order valence-corrected chi connectivity index (χ2v) is 4.37. The monoisotopic (exact) mass is 209 g/mol. The van der Waals surface area contributed by atoms with E-state index in [1.54, 1.807) is 13.8 Å². The molecule has 0 aromatic carbocycles. The Bertz CT molecular complexity index is 263. The molecule has 1 aliphatic rings. The van der Waals surface area contributed by atoms with Crippen molar-refractivity contribution in [1.29, 1.82) is 5.26 Å². The zero-order chi connectivity index (χ0) is 11.3. The van der Waals surface area contributed by atoms with Crippen LogP contribution in [0, 0.1) is 22.7 Å². The van der Waals surface area contributed by atoms with E-state index >= 15 is 0 Å². The van der Waals surface area contributed by atoms with E-state index in [1.807, 2.05) is 0 Å². The average molecular weight is 209 g/mol. The van der Waals surface area contributed by atoms with Crippen LogP contribution in [0.15, 0.2) is 0 Å². The summed E-state index contributed by atoms with van der Waals surface area (Å²) in [6.45, 7) is 3.85. The summed E-state index contributed by atoms with van der Waals surface area (Å²) < 4.78 is 4.99. The van der Waals surface area contributed by atoms with E-state index in [9.17, 15) is 10.1 Å². The maximum absolute atomic E-state index is 11.8. The van der Waals surface area contributed by atoms with Crippen molar-refractivity contribution >= 4 is 5.97 Å². The lowest BCUT2D eigenvalue weighted by atomic mass is 9.71. The van der Waals surface area contributed by atoms with Crippen LogP contribution in [0.25, 0.3) is 0 Å². The lowest BCUT2D eigenvalue weighted by Gasteiger charge is -2.32. The van der Waals surface area contributed by atoms with Gasteiger partial charge in [0, 0.05) is 0 Å². The molecule has 0 aromatic heterocycles. The first-order chi connectivity index (χ1) is 7.15. The summed E-state index contributed by atoms with van der Waals surface area (Å²) in [6.07, 6.45) is 5.43. The molecule has 3 nitrogen and oxygen atoms in total. The van der Waals surface area contributed by atoms with Crippen molar-refractivity contribution in [3.63, 3.8) is 0 Å². The molecule has 1 aliphatic carbocycles. The number of ether oxygens (including phenoxy) is 1. The Morgan fingerprint density at radius 1 is 1.47 bits per heavy atom. The zero-order valence-corrected chi connectivity index (χ0v) is 9.58. The van der Waals surface area contributed by atoms with Crippen molar-refractivity contribution in [2.45, 2.75) is 46.0 Å². The summed E-state index contributed by atoms with van der Waals surface area (Å²) in [5, 5.41) is 9.18. The number of hydrogen-bond donors (Lipinski definition) is 0. The molecule has 0 bridgehead atoms. The van der Waals surface area contributed by atoms with Gasteiger partial charge in [0.2, 0.25) is 0 Å². The molecule has 3 heteroatoms. The standard InChI is InChI=1S/C12H19NO2/c1-3-15-11(14)12(2,9-13)10-7-5-4-6-8-10/h10H,3-8H2,1-2H3. The molecule has 1 fully saturated rings. The van der Waals surface area contributed by atoms with Gasteiger partial charge in [-0.25, -0.2) is 0 Å². The summed E-state index contributed by atoms with van der Waals surface area (Å²) in [5.41, 5.74) is -0.934. The molecule has 1 unspecified atom stereocenters. The predicted octanol–water partition coefficient (Wildman–Crippen LogP) is 2.66. The van der Waals surface area contributed by atoms with E-state index in [2.05, 4.69) is 6.07 Å². The lowest BCUT2D eigenvalue weighted by Crippen LogP contribution is -2.37. The van der Waals surface area contributed by atoms with E-state index in [0.29, 0.717) is 6.61 Å². The number of carbonyl (C=O) groups excluding carboxylic acids is 1. The molecule has 1 saturated carbocycles. The normalized spacial score (nSPS) is 21.4. The Balaban J connectivity index is 2.74. The summed E-state index contributed by atoms with van der Waals surface area (Å²) >= 11 is 0. The van der Waals surface area contributed by atoms with Crippen molar-refractivity contribution in [3.8, 4) is 6.07 Å². The topological polar surface area (TPSA) is 50.1 Å². The highest BCUT2D eigenvalue weighted by Gasteiger charge is 2.43. The molecule has 0 aliphatic heterocycles. The molecular formula is C12H19NO2. The maximum atomic E-state index is 11.8. The quantitative estimate of drug-likeness (QED) is 0.671. The Hall–Kier alpha value is -1.04. The molecule has 0 radical (unpaired) electrons. The minimum absolute atomic E-state index is 0.176. The van der Waals surface area contributed by atoms with Crippen molar-refractivity contribution < 1.29 is 9.53 Å². The Morgan fingerprint density at radius 2 is 2.07 bits per heavy atom. The van der Waals surface area contributed by atoms with Crippen LogP contribution in [0.3, 0.4) is 0 Å². The van der Waals surface area contributed by atoms with Gasteiger partial charge < -0.3 is 4.74 Å². The molecule has 0 heterocycles. The molecule has 15 heavy (non-hydrogen) atoms. The molecule has 0 spiro atoms. The van der Waals surface area contributed by atoms with Crippen LogP contribution in [-0.4, -0.2) is 12.6 Å².